The van der Waals surface area contributed by atoms with Crippen molar-refractivity contribution < 1.29 is 9.53 Å². The second kappa shape index (κ2) is 8.37. The summed E-state index contributed by atoms with van der Waals surface area (Å²) in [6.45, 7) is 7.08. The smallest absolute Gasteiger partial charge is 0.255 e. The van der Waals surface area contributed by atoms with Gasteiger partial charge in [-0.05, 0) is 49.2 Å². The highest BCUT2D eigenvalue weighted by atomic mass is 16.5. The molecule has 0 unspecified atom stereocenters. The average molecular weight is 311 g/mol. The molecule has 2 aromatic rings. The van der Waals surface area contributed by atoms with Gasteiger partial charge in [-0.2, -0.15) is 0 Å². The first kappa shape index (κ1) is 17.1. The zero-order valence-electron chi connectivity index (χ0n) is 14.1. The van der Waals surface area contributed by atoms with E-state index in [0.717, 1.165) is 36.4 Å². The molecule has 0 bridgehead atoms. The van der Waals surface area contributed by atoms with Gasteiger partial charge in [-0.3, -0.25) is 4.79 Å². The summed E-state index contributed by atoms with van der Waals surface area (Å²) in [5.41, 5.74) is 2.51. The summed E-state index contributed by atoms with van der Waals surface area (Å²) in [6, 6.07) is 15.1. The van der Waals surface area contributed by atoms with Gasteiger partial charge in [-0.1, -0.05) is 44.4 Å². The molecule has 23 heavy (non-hydrogen) atoms. The second-order valence-electron chi connectivity index (χ2n) is 5.84. The van der Waals surface area contributed by atoms with Crippen LogP contribution in [0.15, 0.2) is 48.5 Å². The Morgan fingerprint density at radius 1 is 1.09 bits per heavy atom. The van der Waals surface area contributed by atoms with E-state index in [-0.39, 0.29) is 5.91 Å². The summed E-state index contributed by atoms with van der Waals surface area (Å²) in [5.74, 6) is 1.33. The molecule has 1 amide bonds. The minimum atomic E-state index is -0.0978. The van der Waals surface area contributed by atoms with Gasteiger partial charge in [0.15, 0.2) is 0 Å². The fourth-order valence-corrected chi connectivity index (χ4v) is 2.36. The predicted molar refractivity (Wildman–Crippen MR) is 95.1 cm³/mol. The van der Waals surface area contributed by atoms with E-state index in [1.54, 1.807) is 0 Å². The fraction of sp³-hybridized carbons (Fsp3) is 0.350. The standard InChI is InChI=1S/C20H25NO2/c1-4-16(5-2)14-23-19-11-9-18(10-12-19)21-20(22)17-8-6-7-15(3)13-17/h6-13,16H,4-5,14H2,1-3H3,(H,21,22). The third-order valence-electron chi connectivity index (χ3n) is 4.03. The van der Waals surface area contributed by atoms with Crippen molar-refractivity contribution in [2.24, 2.45) is 5.92 Å². The normalized spacial score (nSPS) is 10.6. The van der Waals surface area contributed by atoms with E-state index < -0.39 is 0 Å². The number of benzene rings is 2. The summed E-state index contributed by atoms with van der Waals surface area (Å²) in [6.07, 6.45) is 2.25. The minimum absolute atomic E-state index is 0.0978. The molecule has 0 atom stereocenters. The van der Waals surface area contributed by atoms with Gasteiger partial charge in [0.2, 0.25) is 0 Å². The van der Waals surface area contributed by atoms with Crippen molar-refractivity contribution in [2.75, 3.05) is 11.9 Å². The van der Waals surface area contributed by atoms with Gasteiger partial charge in [-0.15, -0.1) is 0 Å². The van der Waals surface area contributed by atoms with Crippen LogP contribution in [0.2, 0.25) is 0 Å². The molecule has 0 radical (unpaired) electrons. The molecule has 0 aliphatic heterocycles. The van der Waals surface area contributed by atoms with Crippen LogP contribution in [-0.4, -0.2) is 12.5 Å². The highest BCUT2D eigenvalue weighted by Crippen LogP contribution is 2.18. The van der Waals surface area contributed by atoms with Crippen LogP contribution in [0.25, 0.3) is 0 Å². The predicted octanol–water partition coefficient (Wildman–Crippen LogP) is 5.06. The highest BCUT2D eigenvalue weighted by Gasteiger charge is 2.07. The Hall–Kier alpha value is -2.29. The first-order valence-corrected chi connectivity index (χ1v) is 8.23. The van der Waals surface area contributed by atoms with Crippen LogP contribution in [0.5, 0.6) is 5.75 Å². The Labute approximate surface area is 138 Å². The van der Waals surface area contributed by atoms with Crippen molar-refractivity contribution in [1.29, 1.82) is 0 Å². The van der Waals surface area contributed by atoms with Crippen molar-refractivity contribution in [3.63, 3.8) is 0 Å². The molecule has 0 saturated heterocycles. The molecular weight excluding hydrogens is 286 g/mol. The number of carbonyl (C=O) groups is 1. The van der Waals surface area contributed by atoms with E-state index in [0.29, 0.717) is 11.5 Å². The SMILES string of the molecule is CCC(CC)COc1ccc(NC(=O)c2cccc(C)c2)cc1. The fourth-order valence-electron chi connectivity index (χ4n) is 2.36. The van der Waals surface area contributed by atoms with Crippen LogP contribution in [0.3, 0.4) is 0 Å². The number of nitrogens with one attached hydrogen (secondary N) is 1. The first-order chi connectivity index (χ1) is 11.1. The topological polar surface area (TPSA) is 38.3 Å². The third-order valence-corrected chi connectivity index (χ3v) is 4.03. The maximum Gasteiger partial charge on any atom is 0.255 e. The Balaban J connectivity index is 1.93. The van der Waals surface area contributed by atoms with Crippen molar-refractivity contribution in [2.45, 2.75) is 33.6 Å². The van der Waals surface area contributed by atoms with Crippen molar-refractivity contribution in [3.8, 4) is 5.75 Å². The number of rotatable bonds is 7. The van der Waals surface area contributed by atoms with Crippen molar-refractivity contribution in [3.05, 3.63) is 59.7 Å². The number of hydrogen-bond acceptors (Lipinski definition) is 2. The molecular formula is C20H25NO2. The third kappa shape index (κ3) is 5.13. The molecule has 0 aliphatic rings. The molecule has 0 heterocycles. The Bertz CT molecular complexity index is 630. The van der Waals surface area contributed by atoms with Gasteiger partial charge < -0.3 is 10.1 Å². The molecule has 2 aromatic carbocycles. The lowest BCUT2D eigenvalue weighted by Crippen LogP contribution is -2.12. The zero-order chi connectivity index (χ0) is 16.7. The monoisotopic (exact) mass is 311 g/mol. The quantitative estimate of drug-likeness (QED) is 0.776. The van der Waals surface area contributed by atoms with E-state index in [1.807, 2.05) is 55.5 Å². The first-order valence-electron chi connectivity index (χ1n) is 8.23. The summed E-state index contributed by atoms with van der Waals surface area (Å²) in [4.78, 5) is 12.2. The van der Waals surface area contributed by atoms with Gasteiger partial charge in [0.1, 0.15) is 5.75 Å². The lowest BCUT2D eigenvalue weighted by Gasteiger charge is -2.14. The average Bonchev–Trinajstić information content (AvgIpc) is 2.57. The molecule has 0 aromatic heterocycles. The summed E-state index contributed by atoms with van der Waals surface area (Å²) in [5, 5.41) is 2.91. The minimum Gasteiger partial charge on any atom is -0.493 e. The molecule has 0 aliphatic carbocycles. The Morgan fingerprint density at radius 3 is 2.39 bits per heavy atom. The van der Waals surface area contributed by atoms with Crippen LogP contribution in [0, 0.1) is 12.8 Å². The zero-order valence-corrected chi connectivity index (χ0v) is 14.1. The number of anilines is 1. The maximum atomic E-state index is 12.2. The van der Waals surface area contributed by atoms with Crippen LogP contribution in [0.4, 0.5) is 5.69 Å². The van der Waals surface area contributed by atoms with Crippen molar-refractivity contribution in [1.82, 2.24) is 0 Å². The maximum absolute atomic E-state index is 12.2. The summed E-state index contributed by atoms with van der Waals surface area (Å²) < 4.78 is 5.80. The van der Waals surface area contributed by atoms with Gasteiger partial charge in [0, 0.05) is 11.3 Å². The van der Waals surface area contributed by atoms with Crippen LogP contribution in [0.1, 0.15) is 42.6 Å². The van der Waals surface area contributed by atoms with Crippen LogP contribution < -0.4 is 10.1 Å². The number of ether oxygens (including phenoxy) is 1. The molecule has 0 saturated carbocycles. The number of aryl methyl sites for hydroxylation is 1. The lowest BCUT2D eigenvalue weighted by atomic mass is 10.1. The van der Waals surface area contributed by atoms with E-state index >= 15 is 0 Å². The number of hydrogen-bond donors (Lipinski definition) is 1. The second-order valence-corrected chi connectivity index (χ2v) is 5.84. The van der Waals surface area contributed by atoms with Crippen LogP contribution >= 0.6 is 0 Å². The Morgan fingerprint density at radius 2 is 1.78 bits per heavy atom. The van der Waals surface area contributed by atoms with E-state index in [2.05, 4.69) is 19.2 Å². The molecule has 0 spiro atoms. The number of carbonyl (C=O) groups excluding carboxylic acids is 1. The molecule has 122 valence electrons. The van der Waals surface area contributed by atoms with Gasteiger partial charge >= 0.3 is 0 Å². The van der Waals surface area contributed by atoms with E-state index in [1.165, 1.54) is 0 Å². The highest BCUT2D eigenvalue weighted by molar-refractivity contribution is 6.04. The molecule has 1 N–H and O–H groups in total. The van der Waals surface area contributed by atoms with E-state index in [9.17, 15) is 4.79 Å². The van der Waals surface area contributed by atoms with Crippen LogP contribution in [-0.2, 0) is 0 Å². The van der Waals surface area contributed by atoms with Gasteiger partial charge in [0.05, 0.1) is 6.61 Å². The van der Waals surface area contributed by atoms with Gasteiger partial charge in [-0.25, -0.2) is 0 Å². The molecule has 2 rings (SSSR count). The molecule has 3 nitrogen and oxygen atoms in total. The largest absolute Gasteiger partial charge is 0.493 e. The number of amides is 1. The molecule has 3 heteroatoms. The molecule has 0 fully saturated rings. The summed E-state index contributed by atoms with van der Waals surface area (Å²) in [7, 11) is 0. The summed E-state index contributed by atoms with van der Waals surface area (Å²) >= 11 is 0. The van der Waals surface area contributed by atoms with E-state index in [4.69, 9.17) is 4.74 Å². The van der Waals surface area contributed by atoms with Crippen molar-refractivity contribution >= 4 is 11.6 Å². The van der Waals surface area contributed by atoms with Gasteiger partial charge in [0.25, 0.3) is 5.91 Å². The Kier molecular flexibility index (Phi) is 6.21. The lowest BCUT2D eigenvalue weighted by molar-refractivity contribution is 0.102.